The number of aromatic nitrogens is 3. The highest BCUT2D eigenvalue weighted by molar-refractivity contribution is 5.66. The Kier molecular flexibility index (Phi) is 3.86. The van der Waals surface area contributed by atoms with Crippen molar-refractivity contribution in [2.45, 2.75) is 19.5 Å². The number of nitrogens with zero attached hydrogens (tertiary/aromatic N) is 5. The first-order valence-electron chi connectivity index (χ1n) is 8.00. The molecule has 24 heavy (non-hydrogen) atoms. The first-order valence-corrected chi connectivity index (χ1v) is 8.00. The molecule has 0 aromatic carbocycles. The van der Waals surface area contributed by atoms with Gasteiger partial charge in [-0.1, -0.05) is 0 Å². The van der Waals surface area contributed by atoms with Gasteiger partial charge in [-0.2, -0.15) is 4.98 Å². The molecule has 0 aliphatic carbocycles. The van der Waals surface area contributed by atoms with Gasteiger partial charge in [0.2, 0.25) is 5.89 Å². The van der Waals surface area contributed by atoms with Crippen LogP contribution in [-0.2, 0) is 6.54 Å². The molecule has 0 spiro atoms. The molecule has 0 amide bonds. The van der Waals surface area contributed by atoms with E-state index in [9.17, 15) is 4.39 Å². The third kappa shape index (κ3) is 2.94. The zero-order valence-electron chi connectivity index (χ0n) is 13.4. The summed E-state index contributed by atoms with van der Waals surface area (Å²) in [7, 11) is 0. The normalized spacial score (nSPS) is 19.1. The molecule has 6 nitrogen and oxygen atoms in total. The SMILES string of the molecule is CC1CN(Cc2nc3ncccc3o2)CCN1c1ccc(F)cn1. The van der Waals surface area contributed by atoms with Crippen LogP contribution in [0.15, 0.2) is 41.1 Å². The van der Waals surface area contributed by atoms with Gasteiger partial charge in [-0.25, -0.2) is 14.4 Å². The molecule has 0 radical (unpaired) electrons. The fraction of sp³-hybridized carbons (Fsp3) is 0.353. The fourth-order valence-corrected chi connectivity index (χ4v) is 3.13. The summed E-state index contributed by atoms with van der Waals surface area (Å²) in [5.41, 5.74) is 1.37. The zero-order chi connectivity index (χ0) is 16.5. The van der Waals surface area contributed by atoms with Gasteiger partial charge in [0.25, 0.3) is 0 Å². The van der Waals surface area contributed by atoms with Crippen LogP contribution >= 0.6 is 0 Å². The number of anilines is 1. The second-order valence-electron chi connectivity index (χ2n) is 6.04. The fourth-order valence-electron chi connectivity index (χ4n) is 3.13. The van der Waals surface area contributed by atoms with Gasteiger partial charge in [0.1, 0.15) is 11.6 Å². The average molecular weight is 327 g/mol. The highest BCUT2D eigenvalue weighted by Crippen LogP contribution is 2.20. The van der Waals surface area contributed by atoms with Crippen LogP contribution in [0.1, 0.15) is 12.8 Å². The van der Waals surface area contributed by atoms with Crippen LogP contribution in [0.4, 0.5) is 10.2 Å². The zero-order valence-corrected chi connectivity index (χ0v) is 13.4. The summed E-state index contributed by atoms with van der Waals surface area (Å²) in [6.07, 6.45) is 2.98. The van der Waals surface area contributed by atoms with E-state index in [0.717, 1.165) is 31.0 Å². The lowest BCUT2D eigenvalue weighted by atomic mass is 10.2. The van der Waals surface area contributed by atoms with Crippen molar-refractivity contribution < 1.29 is 8.81 Å². The lowest BCUT2D eigenvalue weighted by Gasteiger charge is -2.40. The maximum atomic E-state index is 13.0. The lowest BCUT2D eigenvalue weighted by Crippen LogP contribution is -2.51. The number of hydrogen-bond donors (Lipinski definition) is 0. The van der Waals surface area contributed by atoms with Crippen molar-refractivity contribution in [2.75, 3.05) is 24.5 Å². The number of fused-ring (bicyclic) bond motifs is 1. The first-order chi connectivity index (χ1) is 11.7. The van der Waals surface area contributed by atoms with E-state index in [-0.39, 0.29) is 11.9 Å². The molecule has 0 bridgehead atoms. The minimum atomic E-state index is -0.311. The molecule has 3 aromatic heterocycles. The Morgan fingerprint density at radius 1 is 1.25 bits per heavy atom. The predicted molar refractivity (Wildman–Crippen MR) is 88.1 cm³/mol. The smallest absolute Gasteiger partial charge is 0.211 e. The summed E-state index contributed by atoms with van der Waals surface area (Å²) in [6, 6.07) is 7.17. The maximum Gasteiger partial charge on any atom is 0.211 e. The van der Waals surface area contributed by atoms with Gasteiger partial charge in [-0.3, -0.25) is 4.90 Å². The van der Waals surface area contributed by atoms with E-state index in [1.165, 1.54) is 12.3 Å². The number of halogens is 1. The second-order valence-corrected chi connectivity index (χ2v) is 6.04. The van der Waals surface area contributed by atoms with Crippen LogP contribution in [0.2, 0.25) is 0 Å². The summed E-state index contributed by atoms with van der Waals surface area (Å²) >= 11 is 0. The van der Waals surface area contributed by atoms with E-state index in [2.05, 4.69) is 31.7 Å². The first kappa shape index (κ1) is 15.0. The van der Waals surface area contributed by atoms with Crippen molar-refractivity contribution in [1.29, 1.82) is 0 Å². The van der Waals surface area contributed by atoms with Gasteiger partial charge in [0, 0.05) is 31.9 Å². The van der Waals surface area contributed by atoms with Crippen molar-refractivity contribution in [3.05, 3.63) is 48.4 Å². The van der Waals surface area contributed by atoms with Gasteiger partial charge in [0.05, 0.1) is 12.7 Å². The number of oxazole rings is 1. The van der Waals surface area contributed by atoms with Crippen LogP contribution in [0.5, 0.6) is 0 Å². The second kappa shape index (κ2) is 6.16. The summed E-state index contributed by atoms with van der Waals surface area (Å²) in [6.45, 7) is 5.37. The van der Waals surface area contributed by atoms with E-state index >= 15 is 0 Å². The Bertz CT molecular complexity index is 801. The molecule has 1 aliphatic rings. The van der Waals surface area contributed by atoms with Crippen molar-refractivity contribution in [2.24, 2.45) is 0 Å². The van der Waals surface area contributed by atoms with Gasteiger partial charge in [-0.15, -0.1) is 0 Å². The lowest BCUT2D eigenvalue weighted by molar-refractivity contribution is 0.203. The van der Waals surface area contributed by atoms with Crippen LogP contribution in [-0.4, -0.2) is 45.5 Å². The van der Waals surface area contributed by atoms with Crippen LogP contribution < -0.4 is 4.90 Å². The third-order valence-electron chi connectivity index (χ3n) is 4.29. The van der Waals surface area contributed by atoms with Crippen molar-refractivity contribution in [1.82, 2.24) is 19.9 Å². The molecule has 3 aromatic rings. The average Bonchev–Trinajstić information content (AvgIpc) is 2.98. The molecule has 0 saturated carbocycles. The number of pyridine rings is 2. The van der Waals surface area contributed by atoms with E-state index < -0.39 is 0 Å². The minimum absolute atomic E-state index is 0.277. The Labute approximate surface area is 138 Å². The topological polar surface area (TPSA) is 58.3 Å². The monoisotopic (exact) mass is 327 g/mol. The van der Waals surface area contributed by atoms with Crippen molar-refractivity contribution >= 4 is 17.0 Å². The third-order valence-corrected chi connectivity index (χ3v) is 4.29. The summed E-state index contributed by atoms with van der Waals surface area (Å²) in [4.78, 5) is 17.3. The highest BCUT2D eigenvalue weighted by atomic mass is 19.1. The number of hydrogen-bond acceptors (Lipinski definition) is 6. The van der Waals surface area contributed by atoms with Crippen molar-refractivity contribution in [3.8, 4) is 0 Å². The van der Waals surface area contributed by atoms with Gasteiger partial charge in [0.15, 0.2) is 11.2 Å². The van der Waals surface area contributed by atoms with E-state index in [0.29, 0.717) is 18.1 Å². The maximum absolute atomic E-state index is 13.0. The predicted octanol–water partition coefficient (Wildman–Crippen LogP) is 2.47. The molecule has 4 rings (SSSR count). The van der Waals surface area contributed by atoms with E-state index in [1.807, 2.05) is 12.1 Å². The molecular weight excluding hydrogens is 309 g/mol. The molecule has 1 unspecified atom stereocenters. The molecule has 1 saturated heterocycles. The van der Waals surface area contributed by atoms with Gasteiger partial charge < -0.3 is 9.32 Å². The van der Waals surface area contributed by atoms with E-state index in [1.54, 1.807) is 12.3 Å². The molecule has 1 atom stereocenters. The Morgan fingerprint density at radius 2 is 2.17 bits per heavy atom. The molecule has 4 heterocycles. The summed E-state index contributed by atoms with van der Waals surface area (Å²) < 4.78 is 18.8. The largest absolute Gasteiger partial charge is 0.438 e. The van der Waals surface area contributed by atoms with Gasteiger partial charge >= 0.3 is 0 Å². The minimum Gasteiger partial charge on any atom is -0.438 e. The van der Waals surface area contributed by atoms with E-state index in [4.69, 9.17) is 4.42 Å². The van der Waals surface area contributed by atoms with Crippen LogP contribution in [0, 0.1) is 5.82 Å². The quantitative estimate of drug-likeness (QED) is 0.736. The molecule has 7 heteroatoms. The Hall–Kier alpha value is -2.54. The van der Waals surface area contributed by atoms with Gasteiger partial charge in [-0.05, 0) is 31.2 Å². The Morgan fingerprint density at radius 3 is 2.92 bits per heavy atom. The summed E-state index contributed by atoms with van der Waals surface area (Å²) in [5.74, 6) is 1.19. The molecule has 1 fully saturated rings. The molecule has 124 valence electrons. The highest BCUT2D eigenvalue weighted by Gasteiger charge is 2.25. The van der Waals surface area contributed by atoms with Crippen LogP contribution in [0.3, 0.4) is 0 Å². The van der Waals surface area contributed by atoms with Crippen molar-refractivity contribution in [3.63, 3.8) is 0 Å². The Balaban J connectivity index is 1.43. The standard InChI is InChI=1S/C17H18FN5O/c1-12-10-22(7-8-23(12)15-5-4-13(18)9-20-15)11-16-21-17-14(24-16)3-2-6-19-17/h2-6,9,12H,7-8,10-11H2,1H3. The molecule has 0 N–H and O–H groups in total. The summed E-state index contributed by atoms with van der Waals surface area (Å²) in [5, 5.41) is 0. The number of piperazine rings is 1. The number of rotatable bonds is 3. The molecular formula is C17H18FN5O. The van der Waals surface area contributed by atoms with Crippen LogP contribution in [0.25, 0.3) is 11.2 Å². The molecule has 1 aliphatic heterocycles.